The molecule has 0 aliphatic carbocycles. The Kier molecular flexibility index (Phi) is 4.57. The number of urea groups is 1. The SMILES string of the molecule is O=C1NC(=O)C(CCc2ccc3cc(C(=O)O)ccc3c2)C(C(=O)O)N1. The Morgan fingerprint density at radius 3 is 2.38 bits per heavy atom. The summed E-state index contributed by atoms with van der Waals surface area (Å²) >= 11 is 0. The van der Waals surface area contributed by atoms with Crippen LogP contribution in [0.15, 0.2) is 36.4 Å². The van der Waals surface area contributed by atoms with Crippen molar-refractivity contribution in [1.29, 1.82) is 0 Å². The summed E-state index contributed by atoms with van der Waals surface area (Å²) in [6.07, 6.45) is 0.691. The standard InChI is InChI=1S/C18H16N2O6/c21-15-13(14(17(24)25)19-18(26)20-15)6-2-9-1-3-11-8-12(16(22)23)5-4-10(11)7-9/h1,3-5,7-8,13-14H,2,6H2,(H,22,23)(H,24,25)(H2,19,20,21,26). The molecule has 0 bridgehead atoms. The van der Waals surface area contributed by atoms with Crippen molar-refractivity contribution < 1.29 is 29.4 Å². The number of aromatic carboxylic acids is 1. The fraction of sp³-hybridized carbons (Fsp3) is 0.222. The van der Waals surface area contributed by atoms with E-state index in [9.17, 15) is 24.3 Å². The van der Waals surface area contributed by atoms with Gasteiger partial charge in [-0.3, -0.25) is 10.1 Å². The van der Waals surface area contributed by atoms with Crippen LogP contribution in [0.5, 0.6) is 0 Å². The lowest BCUT2D eigenvalue weighted by Gasteiger charge is -2.28. The number of hydrogen-bond donors (Lipinski definition) is 4. The topological polar surface area (TPSA) is 133 Å². The predicted molar refractivity (Wildman–Crippen MR) is 90.8 cm³/mol. The molecular formula is C18H16N2O6. The second kappa shape index (κ2) is 6.83. The minimum atomic E-state index is -1.25. The number of benzene rings is 2. The summed E-state index contributed by atoms with van der Waals surface area (Å²) in [5.41, 5.74) is 1.08. The van der Waals surface area contributed by atoms with Crippen LogP contribution < -0.4 is 10.6 Å². The summed E-state index contributed by atoms with van der Waals surface area (Å²) in [5.74, 6) is -3.72. The van der Waals surface area contributed by atoms with E-state index in [0.717, 1.165) is 16.3 Å². The molecule has 1 aliphatic rings. The summed E-state index contributed by atoms with van der Waals surface area (Å²) in [7, 11) is 0. The van der Waals surface area contributed by atoms with Crippen LogP contribution in [0.4, 0.5) is 4.79 Å². The fourth-order valence-electron chi connectivity index (χ4n) is 3.07. The number of aliphatic carboxylic acids is 1. The molecule has 8 nitrogen and oxygen atoms in total. The molecule has 2 atom stereocenters. The number of aryl methyl sites for hydroxylation is 1. The van der Waals surface area contributed by atoms with Gasteiger partial charge in [0.05, 0.1) is 11.5 Å². The highest BCUT2D eigenvalue weighted by Crippen LogP contribution is 2.22. The first-order chi connectivity index (χ1) is 12.3. The number of carboxylic acid groups (broad SMARTS) is 2. The van der Waals surface area contributed by atoms with Gasteiger partial charge in [0.25, 0.3) is 0 Å². The third-order valence-electron chi connectivity index (χ3n) is 4.42. The lowest BCUT2D eigenvalue weighted by atomic mass is 9.90. The number of rotatable bonds is 5. The van der Waals surface area contributed by atoms with Gasteiger partial charge in [-0.2, -0.15) is 0 Å². The normalized spacial score (nSPS) is 19.7. The number of hydrogen-bond acceptors (Lipinski definition) is 4. The van der Waals surface area contributed by atoms with E-state index in [4.69, 9.17) is 5.11 Å². The van der Waals surface area contributed by atoms with Crippen molar-refractivity contribution in [3.63, 3.8) is 0 Å². The molecule has 3 amide bonds. The lowest BCUT2D eigenvalue weighted by Crippen LogP contribution is -2.61. The third kappa shape index (κ3) is 3.49. The molecule has 0 saturated carbocycles. The first kappa shape index (κ1) is 17.4. The number of nitrogens with one attached hydrogen (secondary N) is 2. The maximum Gasteiger partial charge on any atom is 0.335 e. The van der Waals surface area contributed by atoms with Crippen molar-refractivity contribution in [2.24, 2.45) is 5.92 Å². The van der Waals surface area contributed by atoms with Crippen LogP contribution in [0, 0.1) is 5.92 Å². The average Bonchev–Trinajstić information content (AvgIpc) is 2.59. The highest BCUT2D eigenvalue weighted by atomic mass is 16.4. The molecule has 1 fully saturated rings. The van der Waals surface area contributed by atoms with Crippen molar-refractivity contribution in [2.45, 2.75) is 18.9 Å². The van der Waals surface area contributed by atoms with Crippen molar-refractivity contribution in [2.75, 3.05) is 0 Å². The Morgan fingerprint density at radius 2 is 1.69 bits per heavy atom. The highest BCUT2D eigenvalue weighted by Gasteiger charge is 2.39. The van der Waals surface area contributed by atoms with Gasteiger partial charge in [0.15, 0.2) is 0 Å². The first-order valence-corrected chi connectivity index (χ1v) is 7.95. The summed E-state index contributed by atoms with van der Waals surface area (Å²) in [6.45, 7) is 0. The number of carboxylic acids is 2. The number of carbonyl (C=O) groups excluding carboxylic acids is 2. The third-order valence-corrected chi connectivity index (χ3v) is 4.42. The van der Waals surface area contributed by atoms with Gasteiger partial charge in [-0.05, 0) is 41.3 Å². The zero-order chi connectivity index (χ0) is 18.8. The van der Waals surface area contributed by atoms with Gasteiger partial charge in [-0.1, -0.05) is 24.3 Å². The van der Waals surface area contributed by atoms with Crippen molar-refractivity contribution in [3.8, 4) is 0 Å². The molecule has 4 N–H and O–H groups in total. The smallest absolute Gasteiger partial charge is 0.335 e. The summed E-state index contributed by atoms with van der Waals surface area (Å²) in [5, 5.41) is 24.2. The van der Waals surface area contributed by atoms with Crippen LogP contribution in [0.3, 0.4) is 0 Å². The van der Waals surface area contributed by atoms with Crippen LogP contribution in [0.2, 0.25) is 0 Å². The molecule has 2 aromatic rings. The molecule has 1 heterocycles. The molecule has 1 saturated heterocycles. The molecule has 3 rings (SSSR count). The van der Waals surface area contributed by atoms with Crippen LogP contribution >= 0.6 is 0 Å². The molecule has 0 aromatic heterocycles. The van der Waals surface area contributed by atoms with Gasteiger partial charge in [-0.15, -0.1) is 0 Å². The summed E-state index contributed by atoms with van der Waals surface area (Å²) in [6, 6.07) is 8.20. The molecule has 0 spiro atoms. The van der Waals surface area contributed by atoms with Gasteiger partial charge in [0.1, 0.15) is 6.04 Å². The number of carbonyl (C=O) groups is 4. The zero-order valence-electron chi connectivity index (χ0n) is 13.6. The van der Waals surface area contributed by atoms with Gasteiger partial charge in [0.2, 0.25) is 5.91 Å². The fourth-order valence-corrected chi connectivity index (χ4v) is 3.07. The maximum absolute atomic E-state index is 12.0. The second-order valence-electron chi connectivity index (χ2n) is 6.13. The second-order valence-corrected chi connectivity index (χ2v) is 6.13. The molecule has 26 heavy (non-hydrogen) atoms. The van der Waals surface area contributed by atoms with E-state index in [-0.39, 0.29) is 12.0 Å². The van der Waals surface area contributed by atoms with E-state index in [0.29, 0.717) is 6.42 Å². The van der Waals surface area contributed by atoms with Gasteiger partial charge >= 0.3 is 18.0 Å². The van der Waals surface area contributed by atoms with Crippen LogP contribution in [-0.4, -0.2) is 40.1 Å². The Bertz CT molecular complexity index is 923. The monoisotopic (exact) mass is 356 g/mol. The highest BCUT2D eigenvalue weighted by molar-refractivity contribution is 6.02. The minimum absolute atomic E-state index is 0.198. The lowest BCUT2D eigenvalue weighted by molar-refractivity contribution is -0.144. The van der Waals surface area contributed by atoms with E-state index >= 15 is 0 Å². The van der Waals surface area contributed by atoms with E-state index in [1.54, 1.807) is 18.2 Å². The molecule has 0 radical (unpaired) electrons. The Morgan fingerprint density at radius 1 is 1.00 bits per heavy atom. The average molecular weight is 356 g/mol. The van der Waals surface area contributed by atoms with E-state index in [1.807, 2.05) is 12.1 Å². The molecule has 1 aliphatic heterocycles. The van der Waals surface area contributed by atoms with Crippen LogP contribution in [0.1, 0.15) is 22.3 Å². The van der Waals surface area contributed by atoms with Gasteiger partial charge < -0.3 is 15.5 Å². The molecule has 2 aromatic carbocycles. The first-order valence-electron chi connectivity index (χ1n) is 7.95. The van der Waals surface area contributed by atoms with Crippen molar-refractivity contribution >= 4 is 34.6 Å². The van der Waals surface area contributed by atoms with E-state index in [2.05, 4.69) is 10.6 Å². The summed E-state index contributed by atoms with van der Waals surface area (Å²) < 4.78 is 0. The van der Waals surface area contributed by atoms with E-state index < -0.39 is 35.8 Å². The van der Waals surface area contributed by atoms with Crippen LogP contribution in [0.25, 0.3) is 10.8 Å². The van der Waals surface area contributed by atoms with Crippen LogP contribution in [-0.2, 0) is 16.0 Å². The molecule has 134 valence electrons. The Hall–Kier alpha value is -3.42. The van der Waals surface area contributed by atoms with Crippen molar-refractivity contribution in [1.82, 2.24) is 10.6 Å². The minimum Gasteiger partial charge on any atom is -0.480 e. The molecule has 8 heteroatoms. The van der Waals surface area contributed by atoms with Gasteiger partial charge in [0, 0.05) is 0 Å². The quantitative estimate of drug-likeness (QED) is 0.640. The molecule has 2 unspecified atom stereocenters. The summed E-state index contributed by atoms with van der Waals surface area (Å²) in [4.78, 5) is 45.5. The van der Waals surface area contributed by atoms with Crippen molar-refractivity contribution in [3.05, 3.63) is 47.5 Å². The van der Waals surface area contributed by atoms with E-state index in [1.165, 1.54) is 6.07 Å². The maximum atomic E-state index is 12.0. The number of fused-ring (bicyclic) bond motifs is 1. The number of imide groups is 1. The predicted octanol–water partition coefficient (Wildman–Crippen LogP) is 1.38. The largest absolute Gasteiger partial charge is 0.480 e. The van der Waals surface area contributed by atoms with Gasteiger partial charge in [-0.25, -0.2) is 14.4 Å². The number of amides is 3. The molecular weight excluding hydrogens is 340 g/mol. The Labute approximate surface area is 147 Å². The Balaban J connectivity index is 1.77. The zero-order valence-corrected chi connectivity index (χ0v) is 13.6.